The van der Waals surface area contributed by atoms with Crippen molar-refractivity contribution in [2.45, 2.75) is 26.3 Å². The number of hydrogen-bond acceptors (Lipinski definition) is 2. The van der Waals surface area contributed by atoms with E-state index < -0.39 is 17.9 Å². The van der Waals surface area contributed by atoms with Gasteiger partial charge in [-0.15, -0.1) is 0 Å². The highest BCUT2D eigenvalue weighted by molar-refractivity contribution is 6.34. The first-order valence-electron chi connectivity index (χ1n) is 6.46. The van der Waals surface area contributed by atoms with Crippen LogP contribution in [-0.2, 0) is 9.59 Å². The van der Waals surface area contributed by atoms with E-state index in [1.54, 1.807) is 18.2 Å². The third-order valence-electron chi connectivity index (χ3n) is 2.69. The number of aliphatic carboxylic acids is 1. The molecular weight excluding hydrogens is 313 g/mol. The first-order valence-corrected chi connectivity index (χ1v) is 7.21. The van der Waals surface area contributed by atoms with Gasteiger partial charge in [0.1, 0.15) is 6.04 Å². The van der Waals surface area contributed by atoms with Crippen molar-refractivity contribution in [1.29, 1.82) is 0 Å². The van der Waals surface area contributed by atoms with Gasteiger partial charge in [0.2, 0.25) is 5.91 Å². The van der Waals surface area contributed by atoms with Gasteiger partial charge in [0.25, 0.3) is 0 Å². The van der Waals surface area contributed by atoms with Gasteiger partial charge >= 0.3 is 5.97 Å². The van der Waals surface area contributed by atoms with Crippen molar-refractivity contribution < 1.29 is 14.7 Å². The monoisotopic (exact) mass is 329 g/mol. The molecule has 0 heterocycles. The molecule has 1 aromatic rings. The Labute approximate surface area is 133 Å². The molecule has 0 aliphatic heterocycles. The Morgan fingerprint density at radius 2 is 2.00 bits per heavy atom. The molecular formula is C15H17Cl2NO3. The van der Waals surface area contributed by atoms with Crippen LogP contribution >= 0.6 is 23.2 Å². The molecule has 1 unspecified atom stereocenters. The Morgan fingerprint density at radius 3 is 2.57 bits per heavy atom. The standard InChI is InChI=1S/C15H17Cl2NO3/c1-9(2)7-13(15(20)21)18-14(19)6-3-10-8-11(16)4-5-12(10)17/h3-6,8-9,13H,7H2,1-2H3,(H,18,19)(H,20,21)/b6-3+. The predicted octanol–water partition coefficient (Wildman–Crippen LogP) is 3.62. The molecule has 0 aromatic heterocycles. The lowest BCUT2D eigenvalue weighted by Crippen LogP contribution is -2.40. The minimum Gasteiger partial charge on any atom is -0.480 e. The number of carboxylic acids is 1. The van der Waals surface area contributed by atoms with Crippen molar-refractivity contribution in [3.63, 3.8) is 0 Å². The molecule has 114 valence electrons. The van der Waals surface area contributed by atoms with E-state index in [4.69, 9.17) is 28.3 Å². The molecule has 0 fully saturated rings. The molecule has 0 spiro atoms. The van der Waals surface area contributed by atoms with Crippen molar-refractivity contribution in [3.8, 4) is 0 Å². The van der Waals surface area contributed by atoms with Crippen LogP contribution in [0.4, 0.5) is 0 Å². The summed E-state index contributed by atoms with van der Waals surface area (Å²) in [4.78, 5) is 22.8. The van der Waals surface area contributed by atoms with Crippen LogP contribution in [-0.4, -0.2) is 23.0 Å². The fourth-order valence-electron chi connectivity index (χ4n) is 1.72. The van der Waals surface area contributed by atoms with Crippen molar-refractivity contribution in [3.05, 3.63) is 39.9 Å². The van der Waals surface area contributed by atoms with Crippen LogP contribution in [0.2, 0.25) is 10.0 Å². The summed E-state index contributed by atoms with van der Waals surface area (Å²) >= 11 is 11.8. The zero-order chi connectivity index (χ0) is 16.0. The second kappa shape index (κ2) is 8.05. The van der Waals surface area contributed by atoms with E-state index in [-0.39, 0.29) is 5.92 Å². The molecule has 0 saturated carbocycles. The molecule has 0 aliphatic rings. The van der Waals surface area contributed by atoms with E-state index in [0.29, 0.717) is 22.0 Å². The minimum absolute atomic E-state index is 0.165. The van der Waals surface area contributed by atoms with Gasteiger partial charge in [-0.1, -0.05) is 37.0 Å². The molecule has 21 heavy (non-hydrogen) atoms. The number of halogens is 2. The lowest BCUT2D eigenvalue weighted by Gasteiger charge is -2.15. The van der Waals surface area contributed by atoms with E-state index in [2.05, 4.69) is 5.32 Å². The number of nitrogens with one attached hydrogen (secondary N) is 1. The van der Waals surface area contributed by atoms with Gasteiger partial charge in [-0.05, 0) is 42.2 Å². The van der Waals surface area contributed by atoms with E-state index in [0.717, 1.165) is 0 Å². The highest BCUT2D eigenvalue weighted by Gasteiger charge is 2.19. The van der Waals surface area contributed by atoms with E-state index in [1.807, 2.05) is 13.8 Å². The number of benzene rings is 1. The molecule has 6 heteroatoms. The molecule has 1 atom stereocenters. The number of amides is 1. The highest BCUT2D eigenvalue weighted by Crippen LogP contribution is 2.21. The summed E-state index contributed by atoms with van der Waals surface area (Å²) < 4.78 is 0. The molecule has 1 aromatic carbocycles. The number of hydrogen-bond donors (Lipinski definition) is 2. The van der Waals surface area contributed by atoms with Gasteiger partial charge in [-0.25, -0.2) is 4.79 Å². The zero-order valence-electron chi connectivity index (χ0n) is 11.8. The van der Waals surface area contributed by atoms with Crippen LogP contribution in [0.1, 0.15) is 25.8 Å². The molecule has 0 radical (unpaired) electrons. The van der Waals surface area contributed by atoms with E-state index in [1.165, 1.54) is 12.2 Å². The summed E-state index contributed by atoms with van der Waals surface area (Å²) in [5.41, 5.74) is 0.593. The lowest BCUT2D eigenvalue weighted by atomic mass is 10.0. The van der Waals surface area contributed by atoms with Crippen molar-refractivity contribution >= 4 is 41.2 Å². The second-order valence-corrected chi connectivity index (χ2v) is 5.87. The van der Waals surface area contributed by atoms with Crippen LogP contribution in [0.5, 0.6) is 0 Å². The van der Waals surface area contributed by atoms with E-state index in [9.17, 15) is 9.59 Å². The number of carbonyl (C=O) groups is 2. The summed E-state index contributed by atoms with van der Waals surface area (Å²) in [6.07, 6.45) is 3.11. The summed E-state index contributed by atoms with van der Waals surface area (Å²) in [6.45, 7) is 3.79. The fraction of sp³-hybridized carbons (Fsp3) is 0.333. The number of carbonyl (C=O) groups excluding carboxylic acids is 1. The summed E-state index contributed by atoms with van der Waals surface area (Å²) in [5, 5.41) is 12.5. The fourth-order valence-corrected chi connectivity index (χ4v) is 2.08. The first kappa shape index (κ1) is 17.5. The van der Waals surface area contributed by atoms with Gasteiger partial charge in [0, 0.05) is 16.1 Å². The highest BCUT2D eigenvalue weighted by atomic mass is 35.5. The summed E-state index contributed by atoms with van der Waals surface area (Å²) in [6, 6.07) is 3.98. The van der Waals surface area contributed by atoms with Gasteiger partial charge in [0.15, 0.2) is 0 Å². The Balaban J connectivity index is 2.73. The number of carboxylic acid groups (broad SMARTS) is 1. The maximum absolute atomic E-state index is 11.8. The van der Waals surface area contributed by atoms with Crippen LogP contribution in [0.3, 0.4) is 0 Å². The average molecular weight is 330 g/mol. The molecule has 0 aliphatic carbocycles. The normalized spacial score (nSPS) is 12.6. The topological polar surface area (TPSA) is 66.4 Å². The molecule has 1 rings (SSSR count). The predicted molar refractivity (Wildman–Crippen MR) is 84.5 cm³/mol. The van der Waals surface area contributed by atoms with Gasteiger partial charge in [-0.2, -0.15) is 0 Å². The Bertz CT molecular complexity index is 556. The van der Waals surface area contributed by atoms with Crippen LogP contribution in [0, 0.1) is 5.92 Å². The molecule has 4 nitrogen and oxygen atoms in total. The third kappa shape index (κ3) is 6.19. The average Bonchev–Trinajstić information content (AvgIpc) is 2.38. The third-order valence-corrected chi connectivity index (χ3v) is 3.27. The summed E-state index contributed by atoms with van der Waals surface area (Å²) in [7, 11) is 0. The van der Waals surface area contributed by atoms with Crippen molar-refractivity contribution in [2.75, 3.05) is 0 Å². The van der Waals surface area contributed by atoms with Crippen LogP contribution in [0.15, 0.2) is 24.3 Å². The van der Waals surface area contributed by atoms with Gasteiger partial charge in [-0.3, -0.25) is 4.79 Å². The minimum atomic E-state index is -1.05. The largest absolute Gasteiger partial charge is 0.480 e. The molecule has 1 amide bonds. The van der Waals surface area contributed by atoms with Crippen LogP contribution < -0.4 is 5.32 Å². The Hall–Kier alpha value is -1.52. The summed E-state index contributed by atoms with van der Waals surface area (Å²) in [5.74, 6) is -1.37. The van der Waals surface area contributed by atoms with E-state index >= 15 is 0 Å². The van der Waals surface area contributed by atoms with Gasteiger partial charge in [0.05, 0.1) is 0 Å². The quantitative estimate of drug-likeness (QED) is 0.783. The van der Waals surface area contributed by atoms with Crippen molar-refractivity contribution in [1.82, 2.24) is 5.32 Å². The van der Waals surface area contributed by atoms with Gasteiger partial charge < -0.3 is 10.4 Å². The Kier molecular flexibility index (Phi) is 6.72. The second-order valence-electron chi connectivity index (χ2n) is 5.03. The molecule has 0 saturated heterocycles. The Morgan fingerprint density at radius 1 is 1.33 bits per heavy atom. The zero-order valence-corrected chi connectivity index (χ0v) is 13.3. The lowest BCUT2D eigenvalue weighted by molar-refractivity contribution is -0.141. The maximum Gasteiger partial charge on any atom is 0.326 e. The van der Waals surface area contributed by atoms with Crippen LogP contribution in [0.25, 0.3) is 6.08 Å². The molecule has 2 N–H and O–H groups in total. The number of rotatable bonds is 6. The molecule has 0 bridgehead atoms. The first-order chi connectivity index (χ1) is 9.79. The maximum atomic E-state index is 11.8. The SMILES string of the molecule is CC(C)CC(NC(=O)/C=C/c1cc(Cl)ccc1Cl)C(=O)O. The smallest absolute Gasteiger partial charge is 0.326 e. The van der Waals surface area contributed by atoms with Crippen molar-refractivity contribution in [2.24, 2.45) is 5.92 Å².